The lowest BCUT2D eigenvalue weighted by atomic mass is 10.2. The van der Waals surface area contributed by atoms with E-state index in [-0.39, 0.29) is 11.2 Å². The van der Waals surface area contributed by atoms with Crippen molar-refractivity contribution in [1.29, 1.82) is 0 Å². The van der Waals surface area contributed by atoms with Crippen molar-refractivity contribution in [3.8, 4) is 5.69 Å². The number of halogens is 1. The highest BCUT2D eigenvalue weighted by Crippen LogP contribution is 2.25. The number of hydrogen-bond donors (Lipinski definition) is 1. The van der Waals surface area contributed by atoms with E-state index in [1.807, 2.05) is 0 Å². The van der Waals surface area contributed by atoms with Crippen molar-refractivity contribution >= 4 is 34.2 Å². The third kappa shape index (κ3) is 2.98. The molecule has 128 valence electrons. The van der Waals surface area contributed by atoms with Crippen LogP contribution in [0.4, 0.5) is 5.69 Å². The lowest BCUT2D eigenvalue weighted by Crippen LogP contribution is -2.16. The second-order valence-corrected chi connectivity index (χ2v) is 5.97. The summed E-state index contributed by atoms with van der Waals surface area (Å²) in [5, 5.41) is 7.77. The number of rotatable bonds is 3. The molecule has 1 N–H and O–H groups in total. The maximum atomic E-state index is 12.6. The van der Waals surface area contributed by atoms with Gasteiger partial charge in [-0.15, -0.1) is 0 Å². The van der Waals surface area contributed by atoms with E-state index in [0.717, 1.165) is 0 Å². The zero-order valence-corrected chi connectivity index (χ0v) is 14.1. The van der Waals surface area contributed by atoms with Gasteiger partial charge in [0.05, 0.1) is 16.8 Å². The Morgan fingerprint density at radius 2 is 1.96 bits per heavy atom. The summed E-state index contributed by atoms with van der Waals surface area (Å²) in [4.78, 5) is 24.8. The third-order valence-electron chi connectivity index (χ3n) is 3.82. The van der Waals surface area contributed by atoms with E-state index in [2.05, 4.69) is 10.4 Å². The number of aromatic nitrogens is 2. The first kappa shape index (κ1) is 16.1. The molecule has 0 radical (unpaired) electrons. The minimum atomic E-state index is -0.552. The van der Waals surface area contributed by atoms with Gasteiger partial charge in [0.2, 0.25) is 0 Å². The Balaban J connectivity index is 1.73. The number of nitrogens with one attached hydrogen (secondary N) is 1. The standard InChI is InChI=1S/C19H12ClN3O3/c20-12-6-7-15(23-9-3-8-21-23)14(10-12)22-19(25)18-11-16(24)13-4-1-2-5-17(13)26-18/h1-11H,(H,22,25). The van der Waals surface area contributed by atoms with Crippen molar-refractivity contribution in [3.05, 3.63) is 88.0 Å². The van der Waals surface area contributed by atoms with Crippen LogP contribution in [-0.4, -0.2) is 15.7 Å². The van der Waals surface area contributed by atoms with Gasteiger partial charge in [0.1, 0.15) is 5.58 Å². The highest BCUT2D eigenvalue weighted by atomic mass is 35.5. The van der Waals surface area contributed by atoms with Crippen LogP contribution < -0.4 is 10.7 Å². The summed E-state index contributed by atoms with van der Waals surface area (Å²) in [6.45, 7) is 0. The molecule has 4 aromatic rings. The second-order valence-electron chi connectivity index (χ2n) is 5.54. The van der Waals surface area contributed by atoms with Gasteiger partial charge in [-0.25, -0.2) is 4.68 Å². The molecule has 0 saturated heterocycles. The van der Waals surface area contributed by atoms with E-state index in [1.165, 1.54) is 6.07 Å². The fourth-order valence-electron chi connectivity index (χ4n) is 2.62. The first-order chi connectivity index (χ1) is 12.6. The number of nitrogens with zero attached hydrogens (tertiary/aromatic N) is 2. The number of para-hydroxylation sites is 1. The number of anilines is 1. The zero-order valence-electron chi connectivity index (χ0n) is 13.3. The normalized spacial score (nSPS) is 10.8. The van der Waals surface area contributed by atoms with Gasteiger partial charge in [-0.2, -0.15) is 5.10 Å². The van der Waals surface area contributed by atoms with Crippen molar-refractivity contribution in [2.75, 3.05) is 5.32 Å². The highest BCUT2D eigenvalue weighted by molar-refractivity contribution is 6.31. The van der Waals surface area contributed by atoms with Crippen LogP contribution in [0.15, 0.2) is 76.2 Å². The minimum absolute atomic E-state index is 0.0832. The molecule has 0 aliphatic rings. The summed E-state index contributed by atoms with van der Waals surface area (Å²) in [5.41, 5.74) is 1.15. The number of hydrogen-bond acceptors (Lipinski definition) is 4. The van der Waals surface area contributed by atoms with Crippen LogP contribution in [0.5, 0.6) is 0 Å². The number of amides is 1. The predicted octanol–water partition coefficient (Wildman–Crippen LogP) is 3.88. The van der Waals surface area contributed by atoms with Crippen LogP contribution >= 0.6 is 11.6 Å². The summed E-state index contributed by atoms with van der Waals surface area (Å²) in [7, 11) is 0. The molecule has 0 saturated carbocycles. The average Bonchev–Trinajstić information content (AvgIpc) is 3.16. The Morgan fingerprint density at radius 1 is 1.12 bits per heavy atom. The van der Waals surface area contributed by atoms with Crippen LogP contribution in [0.1, 0.15) is 10.6 Å². The highest BCUT2D eigenvalue weighted by Gasteiger charge is 2.15. The van der Waals surface area contributed by atoms with Crippen LogP contribution in [0.25, 0.3) is 16.7 Å². The van der Waals surface area contributed by atoms with Crippen LogP contribution in [-0.2, 0) is 0 Å². The largest absolute Gasteiger partial charge is 0.451 e. The van der Waals surface area contributed by atoms with Crippen molar-refractivity contribution in [3.63, 3.8) is 0 Å². The molecular weight excluding hydrogens is 354 g/mol. The quantitative estimate of drug-likeness (QED) is 0.597. The lowest BCUT2D eigenvalue weighted by Gasteiger charge is -2.11. The summed E-state index contributed by atoms with van der Waals surface area (Å²) in [6.07, 6.45) is 3.37. The molecule has 2 aromatic carbocycles. The van der Waals surface area contributed by atoms with Crippen molar-refractivity contribution in [1.82, 2.24) is 9.78 Å². The first-order valence-electron chi connectivity index (χ1n) is 7.75. The third-order valence-corrected chi connectivity index (χ3v) is 4.05. The Labute approximate surface area is 152 Å². The van der Waals surface area contributed by atoms with Gasteiger partial charge < -0.3 is 9.73 Å². The summed E-state index contributed by atoms with van der Waals surface area (Å²) in [6, 6.07) is 14.7. The van der Waals surface area contributed by atoms with Gasteiger partial charge in [-0.05, 0) is 36.4 Å². The van der Waals surface area contributed by atoms with E-state index in [1.54, 1.807) is 65.6 Å². The second kappa shape index (κ2) is 6.50. The van der Waals surface area contributed by atoms with Gasteiger partial charge in [-0.1, -0.05) is 23.7 Å². The molecule has 0 fully saturated rings. The van der Waals surface area contributed by atoms with Crippen molar-refractivity contribution in [2.45, 2.75) is 0 Å². The average molecular weight is 366 g/mol. The van der Waals surface area contributed by atoms with Crippen LogP contribution in [0.2, 0.25) is 5.02 Å². The Hall–Kier alpha value is -3.38. The van der Waals surface area contributed by atoms with E-state index >= 15 is 0 Å². The lowest BCUT2D eigenvalue weighted by molar-refractivity contribution is 0.0997. The van der Waals surface area contributed by atoms with Crippen molar-refractivity contribution in [2.24, 2.45) is 0 Å². The molecule has 4 rings (SSSR count). The summed E-state index contributed by atoms with van der Waals surface area (Å²) < 4.78 is 7.17. The fraction of sp³-hybridized carbons (Fsp3) is 0. The molecule has 6 nitrogen and oxygen atoms in total. The zero-order chi connectivity index (χ0) is 18.1. The monoisotopic (exact) mass is 365 g/mol. The fourth-order valence-corrected chi connectivity index (χ4v) is 2.79. The molecule has 7 heteroatoms. The Bertz CT molecular complexity index is 1170. The SMILES string of the molecule is O=C(Nc1cc(Cl)ccc1-n1cccn1)c1cc(=O)c2ccccc2o1. The molecular formula is C19H12ClN3O3. The van der Waals surface area contributed by atoms with E-state index in [0.29, 0.717) is 27.4 Å². The Kier molecular flexibility index (Phi) is 4.02. The van der Waals surface area contributed by atoms with E-state index in [9.17, 15) is 9.59 Å². The first-order valence-corrected chi connectivity index (χ1v) is 8.13. The van der Waals surface area contributed by atoms with Gasteiger partial charge in [0.15, 0.2) is 11.2 Å². The predicted molar refractivity (Wildman–Crippen MR) is 99.0 cm³/mol. The van der Waals surface area contributed by atoms with E-state index in [4.69, 9.17) is 16.0 Å². The summed E-state index contributed by atoms with van der Waals surface area (Å²) in [5.74, 6) is -0.636. The van der Waals surface area contributed by atoms with Crippen LogP contribution in [0, 0.1) is 0 Å². The van der Waals surface area contributed by atoms with Gasteiger partial charge >= 0.3 is 0 Å². The number of fused-ring (bicyclic) bond motifs is 1. The molecule has 2 heterocycles. The van der Waals surface area contributed by atoms with Gasteiger partial charge in [0.25, 0.3) is 5.91 Å². The molecule has 0 atom stereocenters. The van der Waals surface area contributed by atoms with Gasteiger partial charge in [0, 0.05) is 23.5 Å². The molecule has 0 bridgehead atoms. The van der Waals surface area contributed by atoms with Crippen molar-refractivity contribution < 1.29 is 9.21 Å². The van der Waals surface area contributed by atoms with Gasteiger partial charge in [-0.3, -0.25) is 9.59 Å². The minimum Gasteiger partial charge on any atom is -0.451 e. The Morgan fingerprint density at radius 3 is 2.77 bits per heavy atom. The number of carbonyl (C=O) groups excluding carboxylic acids is 1. The summed E-state index contributed by atoms with van der Waals surface area (Å²) >= 11 is 6.06. The molecule has 0 aliphatic heterocycles. The number of carbonyl (C=O) groups is 1. The maximum Gasteiger partial charge on any atom is 0.291 e. The van der Waals surface area contributed by atoms with E-state index < -0.39 is 5.91 Å². The topological polar surface area (TPSA) is 77.1 Å². The number of benzene rings is 2. The maximum absolute atomic E-state index is 12.6. The molecule has 26 heavy (non-hydrogen) atoms. The molecule has 2 aromatic heterocycles. The molecule has 0 aliphatic carbocycles. The molecule has 0 spiro atoms. The smallest absolute Gasteiger partial charge is 0.291 e. The van der Waals surface area contributed by atoms with Crippen LogP contribution in [0.3, 0.4) is 0 Å². The molecule has 0 unspecified atom stereocenters. The molecule has 1 amide bonds.